The number of rotatable bonds is 1. The van der Waals surface area contributed by atoms with Crippen LogP contribution in [0, 0.1) is 6.92 Å². The number of fused-ring (bicyclic) bond motifs is 2. The summed E-state index contributed by atoms with van der Waals surface area (Å²) in [5.41, 5.74) is 1.89. The average Bonchev–Trinajstić information content (AvgIpc) is 3.13. The molecule has 3 heterocycles. The van der Waals surface area contributed by atoms with Crippen LogP contribution in [0.3, 0.4) is 0 Å². The minimum absolute atomic E-state index is 0.125. The minimum Gasteiger partial charge on any atom is -0.485 e. The van der Waals surface area contributed by atoms with Gasteiger partial charge in [0.05, 0.1) is 6.54 Å². The predicted molar refractivity (Wildman–Crippen MR) is 108 cm³/mol. The highest BCUT2D eigenvalue weighted by Gasteiger charge is 2.44. The number of carbonyl (C=O) groups is 1. The molecule has 1 fully saturated rings. The van der Waals surface area contributed by atoms with Gasteiger partial charge in [-0.3, -0.25) is 9.59 Å². The number of likely N-dealkylation sites (tertiary alicyclic amines) is 1. The van der Waals surface area contributed by atoms with E-state index in [0.717, 1.165) is 36.0 Å². The van der Waals surface area contributed by atoms with Crippen molar-refractivity contribution < 1.29 is 9.53 Å². The van der Waals surface area contributed by atoms with Gasteiger partial charge in [-0.1, -0.05) is 36.4 Å². The molecule has 1 saturated heterocycles. The Bertz CT molecular complexity index is 1150. The van der Waals surface area contributed by atoms with Gasteiger partial charge in [-0.2, -0.15) is 0 Å². The number of ether oxygens (including phenoxy) is 1. The lowest BCUT2D eigenvalue weighted by atomic mass is 9.90. The topological polar surface area (TPSA) is 62.4 Å². The number of benzene rings is 2. The van der Waals surface area contributed by atoms with E-state index in [1.165, 1.54) is 5.56 Å². The van der Waals surface area contributed by atoms with Gasteiger partial charge in [-0.25, -0.2) is 0 Å². The van der Waals surface area contributed by atoms with Crippen LogP contribution in [-0.2, 0) is 6.42 Å². The molecule has 0 bridgehead atoms. The Hall–Kier alpha value is -3.08. The standard InChI is InChI=1S/C23H22N2O3/c1-15-17-7-3-4-8-18(17)21(26)24-20(15)22(27)25-13-12-23(14-25)11-10-16-6-2-5-9-19(16)28-23/h2-9H,10-14H2,1H3,(H,24,26). The van der Waals surface area contributed by atoms with Crippen LogP contribution < -0.4 is 10.3 Å². The highest BCUT2D eigenvalue weighted by atomic mass is 16.5. The van der Waals surface area contributed by atoms with Gasteiger partial charge in [0.15, 0.2) is 0 Å². The molecule has 1 aromatic heterocycles. The number of amides is 1. The van der Waals surface area contributed by atoms with Gasteiger partial charge in [-0.05, 0) is 48.4 Å². The van der Waals surface area contributed by atoms with Crippen molar-refractivity contribution in [1.29, 1.82) is 0 Å². The smallest absolute Gasteiger partial charge is 0.270 e. The van der Waals surface area contributed by atoms with Crippen LogP contribution in [-0.4, -0.2) is 34.5 Å². The molecule has 2 aliphatic heterocycles. The van der Waals surface area contributed by atoms with E-state index in [1.807, 2.05) is 48.2 Å². The molecule has 28 heavy (non-hydrogen) atoms. The van der Waals surface area contributed by atoms with Crippen molar-refractivity contribution in [2.24, 2.45) is 0 Å². The number of hydrogen-bond acceptors (Lipinski definition) is 3. The first kappa shape index (κ1) is 17.0. The summed E-state index contributed by atoms with van der Waals surface area (Å²) < 4.78 is 6.36. The van der Waals surface area contributed by atoms with Gasteiger partial charge in [0, 0.05) is 18.4 Å². The van der Waals surface area contributed by atoms with Crippen molar-refractivity contribution in [3.8, 4) is 5.75 Å². The van der Waals surface area contributed by atoms with Crippen molar-refractivity contribution >= 4 is 16.7 Å². The summed E-state index contributed by atoms with van der Waals surface area (Å²) in [6.45, 7) is 3.08. The number of H-pyrrole nitrogens is 1. The number of pyridine rings is 1. The number of nitrogens with one attached hydrogen (secondary N) is 1. The third-order valence-electron chi connectivity index (χ3n) is 6.16. The maximum atomic E-state index is 13.2. The molecule has 3 aromatic rings. The fourth-order valence-electron chi connectivity index (χ4n) is 4.55. The fourth-order valence-corrected chi connectivity index (χ4v) is 4.55. The molecule has 0 aliphatic carbocycles. The Kier molecular flexibility index (Phi) is 3.79. The first-order chi connectivity index (χ1) is 13.6. The number of para-hydroxylation sites is 1. The summed E-state index contributed by atoms with van der Waals surface area (Å²) in [6, 6.07) is 15.5. The number of nitrogens with zero attached hydrogens (tertiary/aromatic N) is 1. The summed E-state index contributed by atoms with van der Waals surface area (Å²) in [5.74, 6) is 0.804. The third kappa shape index (κ3) is 2.61. The Balaban J connectivity index is 1.44. The second-order valence-electron chi connectivity index (χ2n) is 7.87. The van der Waals surface area contributed by atoms with Crippen molar-refractivity contribution in [2.45, 2.75) is 31.8 Å². The predicted octanol–water partition coefficient (Wildman–Crippen LogP) is 3.45. The summed E-state index contributed by atoms with van der Waals surface area (Å²) >= 11 is 0. The van der Waals surface area contributed by atoms with Crippen LogP contribution in [0.1, 0.15) is 34.5 Å². The lowest BCUT2D eigenvalue weighted by Crippen LogP contribution is -2.43. The molecule has 142 valence electrons. The molecule has 5 nitrogen and oxygen atoms in total. The van der Waals surface area contributed by atoms with Gasteiger partial charge >= 0.3 is 0 Å². The average molecular weight is 374 g/mol. The van der Waals surface area contributed by atoms with Crippen molar-refractivity contribution in [2.75, 3.05) is 13.1 Å². The van der Waals surface area contributed by atoms with E-state index in [-0.39, 0.29) is 17.1 Å². The summed E-state index contributed by atoms with van der Waals surface area (Å²) in [7, 11) is 0. The maximum Gasteiger partial charge on any atom is 0.270 e. The Morgan fingerprint density at radius 3 is 2.68 bits per heavy atom. The zero-order valence-electron chi connectivity index (χ0n) is 15.8. The van der Waals surface area contributed by atoms with E-state index in [0.29, 0.717) is 24.2 Å². The largest absolute Gasteiger partial charge is 0.485 e. The van der Waals surface area contributed by atoms with Gasteiger partial charge in [0.25, 0.3) is 11.5 Å². The minimum atomic E-state index is -0.324. The molecule has 0 radical (unpaired) electrons. The maximum absolute atomic E-state index is 13.2. The second-order valence-corrected chi connectivity index (χ2v) is 7.87. The SMILES string of the molecule is Cc1c(C(=O)N2CCC3(CCc4ccccc4O3)C2)[nH]c(=O)c2ccccc12. The summed E-state index contributed by atoms with van der Waals surface area (Å²) in [6.07, 6.45) is 2.68. The van der Waals surface area contributed by atoms with Gasteiger partial charge in [0.2, 0.25) is 0 Å². The molecular weight excluding hydrogens is 352 g/mol. The molecule has 2 aliphatic rings. The van der Waals surface area contributed by atoms with E-state index >= 15 is 0 Å². The van der Waals surface area contributed by atoms with Crippen LogP contribution in [0.25, 0.3) is 10.8 Å². The molecule has 0 saturated carbocycles. The Labute approximate surface area is 162 Å². The van der Waals surface area contributed by atoms with Crippen molar-refractivity contribution in [1.82, 2.24) is 9.88 Å². The fraction of sp³-hybridized carbons (Fsp3) is 0.304. The zero-order chi connectivity index (χ0) is 19.3. The van der Waals surface area contributed by atoms with E-state index in [2.05, 4.69) is 11.1 Å². The van der Waals surface area contributed by atoms with Gasteiger partial charge in [0.1, 0.15) is 17.0 Å². The van der Waals surface area contributed by atoms with Crippen LogP contribution in [0.4, 0.5) is 0 Å². The summed E-state index contributed by atoms with van der Waals surface area (Å²) in [5, 5.41) is 1.44. The first-order valence-electron chi connectivity index (χ1n) is 9.74. The molecular formula is C23H22N2O3. The first-order valence-corrected chi connectivity index (χ1v) is 9.74. The van der Waals surface area contributed by atoms with Crippen molar-refractivity contribution in [3.63, 3.8) is 0 Å². The van der Waals surface area contributed by atoms with Gasteiger partial charge in [-0.15, -0.1) is 0 Å². The zero-order valence-corrected chi connectivity index (χ0v) is 15.8. The molecule has 1 atom stereocenters. The third-order valence-corrected chi connectivity index (χ3v) is 6.16. The van der Waals surface area contributed by atoms with E-state index < -0.39 is 0 Å². The number of aromatic amines is 1. The lowest BCUT2D eigenvalue weighted by Gasteiger charge is -2.35. The van der Waals surface area contributed by atoms with E-state index in [4.69, 9.17) is 4.74 Å². The van der Waals surface area contributed by atoms with Gasteiger partial charge < -0.3 is 14.6 Å². The molecule has 1 unspecified atom stereocenters. The Morgan fingerprint density at radius 2 is 1.82 bits per heavy atom. The lowest BCUT2D eigenvalue weighted by molar-refractivity contribution is 0.0482. The normalized spacial score (nSPS) is 21.0. The van der Waals surface area contributed by atoms with Crippen LogP contribution in [0.5, 0.6) is 5.75 Å². The van der Waals surface area contributed by atoms with Crippen LogP contribution in [0.15, 0.2) is 53.3 Å². The number of aryl methyl sites for hydroxylation is 2. The van der Waals surface area contributed by atoms with E-state index in [9.17, 15) is 9.59 Å². The number of aromatic nitrogens is 1. The molecule has 1 spiro atoms. The highest BCUT2D eigenvalue weighted by molar-refractivity contribution is 5.99. The number of hydrogen-bond donors (Lipinski definition) is 1. The van der Waals surface area contributed by atoms with Crippen molar-refractivity contribution in [3.05, 3.63) is 75.7 Å². The molecule has 5 rings (SSSR count). The monoisotopic (exact) mass is 374 g/mol. The molecule has 5 heteroatoms. The number of carbonyl (C=O) groups excluding carboxylic acids is 1. The molecule has 2 aromatic carbocycles. The van der Waals surface area contributed by atoms with Crippen LogP contribution >= 0.6 is 0 Å². The highest BCUT2D eigenvalue weighted by Crippen LogP contribution is 2.39. The molecule has 1 N–H and O–H groups in total. The quantitative estimate of drug-likeness (QED) is 0.710. The second kappa shape index (κ2) is 6.23. The van der Waals surface area contributed by atoms with Crippen LogP contribution in [0.2, 0.25) is 0 Å². The molecule has 1 amide bonds. The Morgan fingerprint density at radius 1 is 1.07 bits per heavy atom. The van der Waals surface area contributed by atoms with E-state index in [1.54, 1.807) is 6.07 Å². The summed E-state index contributed by atoms with van der Waals surface area (Å²) in [4.78, 5) is 30.3.